The van der Waals surface area contributed by atoms with Crippen molar-refractivity contribution < 1.29 is 13.2 Å². The average Bonchev–Trinajstić information content (AvgIpc) is 2.49. The van der Waals surface area contributed by atoms with E-state index in [9.17, 15) is 13.2 Å². The number of nitrogens with zero attached hydrogens (tertiary/aromatic N) is 1. The Morgan fingerprint density at radius 2 is 1.83 bits per heavy atom. The lowest BCUT2D eigenvalue weighted by Gasteiger charge is -2.32. The van der Waals surface area contributed by atoms with Crippen LogP contribution in [-0.2, 0) is 0 Å². The maximum Gasteiger partial charge on any atom is 0.391 e. The number of alkyl halides is 3. The summed E-state index contributed by atoms with van der Waals surface area (Å²) in [7, 11) is 0. The van der Waals surface area contributed by atoms with Gasteiger partial charge in [0.1, 0.15) is 0 Å². The Kier molecular flexibility index (Phi) is 8.27. The summed E-state index contributed by atoms with van der Waals surface area (Å²) in [6.45, 7) is 8.77. The Labute approximate surface area is 144 Å². The Bertz CT molecular complexity index is 429. The van der Waals surface area contributed by atoms with Crippen LogP contribution in [-0.4, -0.2) is 25.0 Å². The third kappa shape index (κ3) is 6.46. The smallest absolute Gasteiger partial charge is 0.391 e. The molecule has 0 radical (unpaired) electrons. The number of rotatable bonds is 7. The second-order valence-corrected chi connectivity index (χ2v) is 7.18. The molecule has 3 nitrogen and oxygen atoms in total. The molecule has 0 spiro atoms. The highest BCUT2D eigenvalue weighted by Crippen LogP contribution is 2.39. The molecule has 1 saturated carbocycles. The lowest BCUT2D eigenvalue weighted by molar-refractivity contribution is -0.183. The number of hydrogen-bond acceptors (Lipinski definition) is 3. The molecule has 0 bridgehead atoms. The molecule has 140 valence electrons. The van der Waals surface area contributed by atoms with Gasteiger partial charge < -0.3 is 11.1 Å². The minimum absolute atomic E-state index is 0.0261. The molecular formula is C18H32F3N3. The molecule has 1 fully saturated rings. The van der Waals surface area contributed by atoms with Crippen molar-refractivity contribution >= 4 is 6.21 Å². The maximum absolute atomic E-state index is 12.7. The zero-order chi connectivity index (χ0) is 18.3. The second kappa shape index (κ2) is 9.44. The highest BCUT2D eigenvalue weighted by Gasteiger charge is 2.41. The predicted octanol–water partition coefficient (Wildman–Crippen LogP) is 4.64. The molecule has 24 heavy (non-hydrogen) atoms. The standard InChI is InChI=1S/C18H32F3N3/c1-5-10-23-17(13(4)22)16(12(2)3)24-11-14-6-8-15(9-7-14)18(19,20)21/h10,12,14-16,24H,5-9,11,22H2,1-4H3/b17-13-,23-10-/t14-,15-,16-/m0/s1. The minimum atomic E-state index is -4.04. The van der Waals surface area contributed by atoms with E-state index in [1.165, 1.54) is 0 Å². The summed E-state index contributed by atoms with van der Waals surface area (Å²) in [4.78, 5) is 4.49. The first kappa shape index (κ1) is 21.0. The summed E-state index contributed by atoms with van der Waals surface area (Å²) in [5.41, 5.74) is 7.52. The monoisotopic (exact) mass is 347 g/mol. The van der Waals surface area contributed by atoms with E-state index >= 15 is 0 Å². The van der Waals surface area contributed by atoms with E-state index in [-0.39, 0.29) is 18.9 Å². The van der Waals surface area contributed by atoms with Gasteiger partial charge in [0.25, 0.3) is 0 Å². The number of halogens is 3. The first-order valence-electron chi connectivity index (χ1n) is 8.95. The van der Waals surface area contributed by atoms with Crippen LogP contribution in [0.3, 0.4) is 0 Å². The lowest BCUT2D eigenvalue weighted by Crippen LogP contribution is -2.40. The summed E-state index contributed by atoms with van der Waals surface area (Å²) in [6, 6.07) is 0.0261. The third-order valence-corrected chi connectivity index (χ3v) is 4.71. The Hall–Kier alpha value is -1.04. The van der Waals surface area contributed by atoms with Gasteiger partial charge in [-0.3, -0.25) is 4.99 Å². The second-order valence-electron chi connectivity index (χ2n) is 7.18. The van der Waals surface area contributed by atoms with Crippen LogP contribution in [0.4, 0.5) is 13.2 Å². The van der Waals surface area contributed by atoms with Crippen LogP contribution in [0.25, 0.3) is 0 Å². The number of nitrogens with one attached hydrogen (secondary N) is 1. The molecule has 0 amide bonds. The summed E-state index contributed by atoms with van der Waals surface area (Å²) < 4.78 is 38.2. The molecule has 3 N–H and O–H groups in total. The SMILES string of the molecule is CC/C=N\C(=C(\C)N)[C@@H](NC[C@H]1CC[C@H](C(F)(F)F)CC1)C(C)C. The molecule has 0 heterocycles. The van der Waals surface area contributed by atoms with Gasteiger partial charge >= 0.3 is 6.18 Å². The first-order chi connectivity index (χ1) is 11.2. The van der Waals surface area contributed by atoms with Gasteiger partial charge in [0.05, 0.1) is 17.7 Å². The number of aliphatic imine (C=N–C) groups is 1. The van der Waals surface area contributed by atoms with Crippen molar-refractivity contribution in [3.05, 3.63) is 11.4 Å². The summed E-state index contributed by atoms with van der Waals surface area (Å²) in [5, 5.41) is 3.50. The van der Waals surface area contributed by atoms with Gasteiger partial charge in [-0.1, -0.05) is 20.8 Å². The third-order valence-electron chi connectivity index (χ3n) is 4.71. The van der Waals surface area contributed by atoms with Crippen LogP contribution in [0.5, 0.6) is 0 Å². The molecule has 0 aromatic heterocycles. The molecule has 1 rings (SSSR count). The van der Waals surface area contributed by atoms with Crippen molar-refractivity contribution in [2.75, 3.05) is 6.54 Å². The van der Waals surface area contributed by atoms with Crippen LogP contribution >= 0.6 is 0 Å². The van der Waals surface area contributed by atoms with E-state index in [1.54, 1.807) is 0 Å². The van der Waals surface area contributed by atoms with Crippen molar-refractivity contribution in [3.63, 3.8) is 0 Å². The molecule has 0 aliphatic heterocycles. The van der Waals surface area contributed by atoms with Gasteiger partial charge in [-0.2, -0.15) is 13.2 Å². The molecule has 0 saturated heterocycles. The van der Waals surface area contributed by atoms with Crippen molar-refractivity contribution in [1.82, 2.24) is 5.32 Å². The van der Waals surface area contributed by atoms with Gasteiger partial charge in [0, 0.05) is 11.9 Å². The summed E-state index contributed by atoms with van der Waals surface area (Å²) in [6.07, 6.45) is 0.381. The van der Waals surface area contributed by atoms with Crippen LogP contribution in [0.2, 0.25) is 0 Å². The Morgan fingerprint density at radius 3 is 2.25 bits per heavy atom. The molecule has 1 aliphatic rings. The van der Waals surface area contributed by atoms with Gasteiger partial charge in [-0.15, -0.1) is 0 Å². The molecule has 0 unspecified atom stereocenters. The topological polar surface area (TPSA) is 50.4 Å². The van der Waals surface area contributed by atoms with E-state index < -0.39 is 12.1 Å². The summed E-state index contributed by atoms with van der Waals surface area (Å²) >= 11 is 0. The van der Waals surface area contributed by atoms with E-state index in [2.05, 4.69) is 24.2 Å². The Balaban J connectivity index is 2.62. The van der Waals surface area contributed by atoms with Gasteiger partial charge in [-0.25, -0.2) is 0 Å². The quantitative estimate of drug-likeness (QED) is 0.659. The van der Waals surface area contributed by atoms with E-state index in [4.69, 9.17) is 5.73 Å². The number of nitrogens with two attached hydrogens (primary N) is 1. The number of allylic oxidation sites excluding steroid dienone is 1. The number of hydrogen-bond donors (Lipinski definition) is 2. The largest absolute Gasteiger partial charge is 0.401 e. The van der Waals surface area contributed by atoms with E-state index in [1.807, 2.05) is 20.1 Å². The average molecular weight is 347 g/mol. The molecular weight excluding hydrogens is 315 g/mol. The maximum atomic E-state index is 12.7. The Morgan fingerprint density at radius 1 is 1.25 bits per heavy atom. The summed E-state index contributed by atoms with van der Waals surface area (Å²) in [5.74, 6) is -0.524. The fraction of sp³-hybridized carbons (Fsp3) is 0.833. The molecule has 0 aromatic carbocycles. The zero-order valence-electron chi connectivity index (χ0n) is 15.3. The molecule has 1 atom stereocenters. The van der Waals surface area contributed by atoms with Crippen LogP contribution < -0.4 is 11.1 Å². The highest BCUT2D eigenvalue weighted by molar-refractivity contribution is 5.58. The van der Waals surface area contributed by atoms with Crippen molar-refractivity contribution in [3.8, 4) is 0 Å². The van der Waals surface area contributed by atoms with E-state index in [0.717, 1.165) is 12.1 Å². The fourth-order valence-corrected chi connectivity index (χ4v) is 3.25. The van der Waals surface area contributed by atoms with Crippen LogP contribution in [0.15, 0.2) is 16.4 Å². The fourth-order valence-electron chi connectivity index (χ4n) is 3.25. The molecule has 0 aromatic rings. The minimum Gasteiger partial charge on any atom is -0.401 e. The van der Waals surface area contributed by atoms with Gasteiger partial charge in [0.2, 0.25) is 0 Å². The van der Waals surface area contributed by atoms with Crippen molar-refractivity contribution in [1.29, 1.82) is 0 Å². The molecule has 6 heteroatoms. The van der Waals surface area contributed by atoms with Crippen LogP contribution in [0.1, 0.15) is 59.8 Å². The normalized spacial score (nSPS) is 25.2. The van der Waals surface area contributed by atoms with Gasteiger partial charge in [-0.05, 0) is 57.4 Å². The van der Waals surface area contributed by atoms with Crippen LogP contribution in [0, 0.1) is 17.8 Å². The lowest BCUT2D eigenvalue weighted by atomic mass is 9.81. The first-order valence-corrected chi connectivity index (χ1v) is 8.95. The predicted molar refractivity (Wildman–Crippen MR) is 93.8 cm³/mol. The van der Waals surface area contributed by atoms with E-state index in [0.29, 0.717) is 36.9 Å². The zero-order valence-corrected chi connectivity index (χ0v) is 15.3. The highest BCUT2D eigenvalue weighted by atomic mass is 19.4. The molecule has 1 aliphatic carbocycles. The van der Waals surface area contributed by atoms with Gasteiger partial charge in [0.15, 0.2) is 0 Å². The van der Waals surface area contributed by atoms with Crippen molar-refractivity contribution in [2.45, 2.75) is 72.0 Å². The van der Waals surface area contributed by atoms with Crippen molar-refractivity contribution in [2.24, 2.45) is 28.5 Å².